The van der Waals surface area contributed by atoms with Crippen LogP contribution in [0.2, 0.25) is 0 Å². The van der Waals surface area contributed by atoms with Gasteiger partial charge in [0, 0.05) is 16.1 Å². The first kappa shape index (κ1) is 18.9. The van der Waals surface area contributed by atoms with Crippen LogP contribution in [0.5, 0.6) is 17.2 Å². The lowest BCUT2D eigenvalue weighted by atomic mass is 10.1. The highest BCUT2D eigenvalue weighted by Gasteiger charge is 2.35. The van der Waals surface area contributed by atoms with Crippen molar-refractivity contribution in [1.82, 2.24) is 4.90 Å². The van der Waals surface area contributed by atoms with Crippen molar-refractivity contribution in [2.45, 2.75) is 13.5 Å². The predicted molar refractivity (Wildman–Crippen MR) is 109 cm³/mol. The quantitative estimate of drug-likeness (QED) is 0.595. The monoisotopic (exact) mass is 461 g/mol. The maximum absolute atomic E-state index is 12.8. The third-order valence-corrected chi connectivity index (χ3v) is 5.66. The van der Waals surface area contributed by atoms with Gasteiger partial charge in [-0.05, 0) is 48.5 Å². The number of amides is 2. The Morgan fingerprint density at radius 3 is 2.61 bits per heavy atom. The Kier molecular flexibility index (Phi) is 5.32. The van der Waals surface area contributed by atoms with Crippen LogP contribution in [-0.2, 0) is 11.3 Å². The fourth-order valence-electron chi connectivity index (χ4n) is 2.88. The summed E-state index contributed by atoms with van der Waals surface area (Å²) in [7, 11) is 0. The van der Waals surface area contributed by atoms with E-state index in [2.05, 4.69) is 15.9 Å². The summed E-state index contributed by atoms with van der Waals surface area (Å²) in [6.45, 7) is 2.72. The molecule has 4 rings (SSSR count). The Balaban J connectivity index is 1.61. The standard InChI is InChI=1S/C20H16BrNO5S/c1-2-25-15-9-17-16(26-11-27-17)7-13(15)8-18-19(23)22(20(24)28-18)10-12-3-5-14(21)6-4-12/h3-9H,2,10-11H2,1H3. The Hall–Kier alpha value is -2.45. The van der Waals surface area contributed by atoms with Crippen molar-refractivity contribution in [2.24, 2.45) is 0 Å². The molecule has 0 bridgehead atoms. The molecule has 2 heterocycles. The number of hydrogen-bond acceptors (Lipinski definition) is 6. The van der Waals surface area contributed by atoms with Crippen molar-refractivity contribution in [3.05, 3.63) is 56.9 Å². The summed E-state index contributed by atoms with van der Waals surface area (Å²) in [5.41, 5.74) is 1.55. The van der Waals surface area contributed by atoms with E-state index in [4.69, 9.17) is 14.2 Å². The molecule has 6 nitrogen and oxygen atoms in total. The minimum atomic E-state index is -0.321. The molecule has 0 saturated carbocycles. The van der Waals surface area contributed by atoms with E-state index in [9.17, 15) is 9.59 Å². The molecule has 0 atom stereocenters. The molecule has 2 aliphatic rings. The first-order valence-electron chi connectivity index (χ1n) is 8.61. The van der Waals surface area contributed by atoms with Gasteiger partial charge in [-0.2, -0.15) is 0 Å². The fourth-order valence-corrected chi connectivity index (χ4v) is 3.98. The highest BCUT2D eigenvalue weighted by atomic mass is 79.9. The van der Waals surface area contributed by atoms with Gasteiger partial charge in [0.1, 0.15) is 5.75 Å². The third kappa shape index (κ3) is 3.74. The molecule has 0 unspecified atom stereocenters. The minimum Gasteiger partial charge on any atom is -0.493 e. The van der Waals surface area contributed by atoms with Gasteiger partial charge in [-0.3, -0.25) is 14.5 Å². The number of nitrogens with zero attached hydrogens (tertiary/aromatic N) is 1. The molecule has 2 aromatic rings. The molecule has 2 aliphatic heterocycles. The second kappa shape index (κ2) is 7.89. The van der Waals surface area contributed by atoms with E-state index < -0.39 is 0 Å². The van der Waals surface area contributed by atoms with Crippen LogP contribution >= 0.6 is 27.7 Å². The normalized spacial score (nSPS) is 16.9. The average molecular weight is 462 g/mol. The first-order chi connectivity index (χ1) is 13.5. The number of halogens is 1. The molecule has 0 aliphatic carbocycles. The van der Waals surface area contributed by atoms with Crippen LogP contribution in [0.3, 0.4) is 0 Å². The number of imide groups is 1. The van der Waals surface area contributed by atoms with Crippen molar-refractivity contribution in [3.63, 3.8) is 0 Å². The number of rotatable bonds is 5. The number of benzene rings is 2. The summed E-state index contributed by atoms with van der Waals surface area (Å²) in [5.74, 6) is 1.44. The maximum atomic E-state index is 12.8. The maximum Gasteiger partial charge on any atom is 0.293 e. The van der Waals surface area contributed by atoms with Crippen LogP contribution < -0.4 is 14.2 Å². The lowest BCUT2D eigenvalue weighted by Crippen LogP contribution is -2.27. The SMILES string of the molecule is CCOc1cc2c(cc1C=C1SC(=O)N(Cc3ccc(Br)cc3)C1=O)OCO2. The van der Waals surface area contributed by atoms with Crippen LogP contribution in [0, 0.1) is 0 Å². The van der Waals surface area contributed by atoms with Crippen LogP contribution in [0.1, 0.15) is 18.1 Å². The second-order valence-electron chi connectivity index (χ2n) is 6.07. The topological polar surface area (TPSA) is 65.1 Å². The lowest BCUT2D eigenvalue weighted by Gasteiger charge is -2.12. The molecule has 0 spiro atoms. The third-order valence-electron chi connectivity index (χ3n) is 4.22. The Morgan fingerprint density at radius 1 is 1.18 bits per heavy atom. The Morgan fingerprint density at radius 2 is 1.89 bits per heavy atom. The van der Waals surface area contributed by atoms with E-state index in [1.54, 1.807) is 18.2 Å². The number of fused-ring (bicyclic) bond motifs is 1. The molecule has 144 valence electrons. The summed E-state index contributed by atoms with van der Waals surface area (Å²) < 4.78 is 17.4. The molecular formula is C20H16BrNO5S. The first-order valence-corrected chi connectivity index (χ1v) is 10.2. The van der Waals surface area contributed by atoms with Crippen molar-refractivity contribution >= 4 is 44.9 Å². The summed E-state index contributed by atoms with van der Waals surface area (Å²) >= 11 is 4.30. The molecular weight excluding hydrogens is 446 g/mol. The van der Waals surface area contributed by atoms with Crippen molar-refractivity contribution in [3.8, 4) is 17.2 Å². The number of carbonyl (C=O) groups excluding carboxylic acids is 2. The zero-order valence-electron chi connectivity index (χ0n) is 14.9. The number of hydrogen-bond donors (Lipinski definition) is 0. The fraction of sp³-hybridized carbons (Fsp3) is 0.200. The van der Waals surface area contributed by atoms with Gasteiger partial charge in [-0.1, -0.05) is 28.1 Å². The number of carbonyl (C=O) groups is 2. The molecule has 0 radical (unpaired) electrons. The highest BCUT2D eigenvalue weighted by molar-refractivity contribution is 9.10. The highest BCUT2D eigenvalue weighted by Crippen LogP contribution is 2.41. The van der Waals surface area contributed by atoms with E-state index in [1.165, 1.54) is 4.90 Å². The Labute approximate surface area is 174 Å². The van der Waals surface area contributed by atoms with Crippen LogP contribution in [-0.4, -0.2) is 29.4 Å². The molecule has 2 amide bonds. The van der Waals surface area contributed by atoms with E-state index >= 15 is 0 Å². The lowest BCUT2D eigenvalue weighted by molar-refractivity contribution is -0.123. The molecule has 0 N–H and O–H groups in total. The summed E-state index contributed by atoms with van der Waals surface area (Å²) in [5, 5.41) is -0.294. The summed E-state index contributed by atoms with van der Waals surface area (Å²) in [6, 6.07) is 11.0. The van der Waals surface area contributed by atoms with Gasteiger partial charge < -0.3 is 14.2 Å². The molecule has 1 fully saturated rings. The largest absolute Gasteiger partial charge is 0.493 e. The van der Waals surface area contributed by atoms with E-state index in [0.29, 0.717) is 34.3 Å². The summed E-state index contributed by atoms with van der Waals surface area (Å²) in [4.78, 5) is 26.8. The zero-order valence-corrected chi connectivity index (χ0v) is 17.3. The minimum absolute atomic E-state index is 0.147. The van der Waals surface area contributed by atoms with Gasteiger partial charge in [-0.25, -0.2) is 0 Å². The number of thioether (sulfide) groups is 1. The van der Waals surface area contributed by atoms with Crippen LogP contribution in [0.4, 0.5) is 4.79 Å². The summed E-state index contributed by atoms with van der Waals surface area (Å²) in [6.07, 6.45) is 1.67. The van der Waals surface area contributed by atoms with Crippen LogP contribution in [0.25, 0.3) is 6.08 Å². The molecule has 0 aromatic heterocycles. The van der Waals surface area contributed by atoms with Gasteiger partial charge in [-0.15, -0.1) is 0 Å². The van der Waals surface area contributed by atoms with Gasteiger partial charge in [0.15, 0.2) is 11.5 Å². The smallest absolute Gasteiger partial charge is 0.293 e. The number of ether oxygens (including phenoxy) is 3. The van der Waals surface area contributed by atoms with Crippen molar-refractivity contribution in [1.29, 1.82) is 0 Å². The van der Waals surface area contributed by atoms with Crippen molar-refractivity contribution in [2.75, 3.05) is 13.4 Å². The van der Waals surface area contributed by atoms with E-state index in [-0.39, 0.29) is 24.5 Å². The van der Waals surface area contributed by atoms with E-state index in [0.717, 1.165) is 21.8 Å². The van der Waals surface area contributed by atoms with Crippen LogP contribution in [0.15, 0.2) is 45.8 Å². The van der Waals surface area contributed by atoms with E-state index in [1.807, 2.05) is 31.2 Å². The molecule has 2 aromatic carbocycles. The van der Waals surface area contributed by atoms with Gasteiger partial charge in [0.25, 0.3) is 11.1 Å². The second-order valence-corrected chi connectivity index (χ2v) is 7.98. The molecule has 28 heavy (non-hydrogen) atoms. The predicted octanol–water partition coefficient (Wildman–Crippen LogP) is 4.81. The Bertz CT molecular complexity index is 973. The molecule has 8 heteroatoms. The van der Waals surface area contributed by atoms with Gasteiger partial charge in [0.05, 0.1) is 18.1 Å². The zero-order chi connectivity index (χ0) is 19.7. The van der Waals surface area contributed by atoms with Gasteiger partial charge >= 0.3 is 0 Å². The van der Waals surface area contributed by atoms with Gasteiger partial charge in [0.2, 0.25) is 6.79 Å². The average Bonchev–Trinajstić information content (AvgIpc) is 3.23. The van der Waals surface area contributed by atoms with Crippen molar-refractivity contribution < 1.29 is 23.8 Å². The molecule has 1 saturated heterocycles.